The Kier molecular flexibility index (Phi) is 25.0. The van der Waals surface area contributed by atoms with E-state index in [4.69, 9.17) is 0 Å². The van der Waals surface area contributed by atoms with Gasteiger partial charge in [0.1, 0.15) is 0 Å². The second-order valence-corrected chi connectivity index (χ2v) is 12.2. The van der Waals surface area contributed by atoms with Crippen LogP contribution in [-0.4, -0.2) is 25.7 Å². The van der Waals surface area contributed by atoms with Gasteiger partial charge in [0.25, 0.3) is 0 Å². The maximum atomic E-state index is 3.46. The molecule has 4 fully saturated rings. The van der Waals surface area contributed by atoms with E-state index in [9.17, 15) is 0 Å². The highest BCUT2D eigenvalue weighted by Crippen LogP contribution is 2.35. The van der Waals surface area contributed by atoms with Gasteiger partial charge < -0.3 is 10.6 Å². The van der Waals surface area contributed by atoms with Crippen LogP contribution < -0.4 is 10.6 Å². The van der Waals surface area contributed by atoms with E-state index in [-0.39, 0.29) is 22.3 Å². The molecule has 2 N–H and O–H groups in total. The zero-order valence-corrected chi connectivity index (χ0v) is 22.8. The molecule has 2 saturated heterocycles. The van der Waals surface area contributed by atoms with Gasteiger partial charge in [0.2, 0.25) is 0 Å². The average molecular weight is 485 g/mol. The molecule has 0 amide bonds. The third kappa shape index (κ3) is 18.2. The highest BCUT2D eigenvalue weighted by molar-refractivity contribution is 4.76. The summed E-state index contributed by atoms with van der Waals surface area (Å²) in [5.74, 6) is 6.72. The van der Waals surface area contributed by atoms with Crippen LogP contribution >= 0.6 is 0 Å². The summed E-state index contributed by atoms with van der Waals surface area (Å²) in [6.07, 6.45) is 14.6. The minimum Gasteiger partial charge on any atom is -0.316 e. The van der Waals surface area contributed by atoms with E-state index in [0.29, 0.717) is 0 Å². The number of hydrogen-bond donors (Lipinski definition) is 2. The molecule has 0 spiro atoms. The van der Waals surface area contributed by atoms with Crippen molar-refractivity contribution < 1.29 is 0 Å². The number of nitrogens with one attached hydrogen (secondary N) is 2. The Hall–Kier alpha value is -0.0800. The predicted molar refractivity (Wildman–Crippen MR) is 161 cm³/mol. The Morgan fingerprint density at radius 3 is 1.18 bits per heavy atom. The smallest absolute Gasteiger partial charge is 0.00905 e. The first kappa shape index (κ1) is 38.5. The van der Waals surface area contributed by atoms with Crippen molar-refractivity contribution >= 4 is 0 Å². The molecule has 2 aliphatic carbocycles. The summed E-state index contributed by atoms with van der Waals surface area (Å²) in [6.45, 7) is 22.2. The first-order valence-electron chi connectivity index (χ1n) is 14.2. The highest BCUT2D eigenvalue weighted by Gasteiger charge is 2.24. The van der Waals surface area contributed by atoms with Gasteiger partial charge in [0.15, 0.2) is 0 Å². The summed E-state index contributed by atoms with van der Waals surface area (Å²) in [5, 5.41) is 6.81. The van der Waals surface area contributed by atoms with E-state index in [1.165, 1.54) is 83.8 Å². The molecule has 34 heavy (non-hydrogen) atoms. The Morgan fingerprint density at radius 2 is 0.971 bits per heavy atom. The van der Waals surface area contributed by atoms with Gasteiger partial charge in [-0.3, -0.25) is 0 Å². The van der Waals surface area contributed by atoms with Gasteiger partial charge in [0, 0.05) is 6.04 Å². The Labute approximate surface area is 219 Å². The second-order valence-electron chi connectivity index (χ2n) is 12.2. The van der Waals surface area contributed by atoms with E-state index in [0.717, 1.165) is 47.5 Å². The Morgan fingerprint density at radius 1 is 0.471 bits per heavy atom. The molecule has 2 aliphatic heterocycles. The molecule has 0 aromatic heterocycles. The minimum atomic E-state index is 0. The second kappa shape index (κ2) is 22.1. The standard InChI is InChI=1S/C9H18.2C7H15N.C6H12.3CH4/c1-8(2)9-6-4-3-5-7-9;1-6(2)7-3-4-8-5-7;1-6(2)7-4-3-5-8-7;1-5(2)6-3-4-6;;;/h8-9H,3-7H2,1-2H3;2*6-8H,3-5H2,1-2H3;5-6H,3-4H2,1-2H3;3*1H4. The van der Waals surface area contributed by atoms with Crippen molar-refractivity contribution in [2.45, 2.75) is 148 Å². The molecule has 4 rings (SSSR count). The highest BCUT2D eigenvalue weighted by atomic mass is 14.9. The molecule has 0 aromatic rings. The molecule has 0 bridgehead atoms. The lowest BCUT2D eigenvalue weighted by Crippen LogP contribution is -2.26. The average Bonchev–Trinajstić information content (AvgIpc) is 3.21. The van der Waals surface area contributed by atoms with Crippen molar-refractivity contribution in [2.24, 2.45) is 41.4 Å². The van der Waals surface area contributed by atoms with Crippen molar-refractivity contribution in [1.29, 1.82) is 0 Å². The summed E-state index contributed by atoms with van der Waals surface area (Å²) in [5.41, 5.74) is 0. The van der Waals surface area contributed by atoms with Crippen molar-refractivity contribution in [3.8, 4) is 0 Å². The van der Waals surface area contributed by atoms with Crippen LogP contribution in [0.4, 0.5) is 0 Å². The Balaban J connectivity index is -0.000000369. The first-order valence-corrected chi connectivity index (χ1v) is 14.2. The quantitative estimate of drug-likeness (QED) is 0.415. The molecule has 2 nitrogen and oxygen atoms in total. The molecule has 2 heterocycles. The van der Waals surface area contributed by atoms with Crippen molar-refractivity contribution in [1.82, 2.24) is 10.6 Å². The molecular formula is C32H72N2. The van der Waals surface area contributed by atoms with Crippen molar-refractivity contribution in [2.75, 3.05) is 19.6 Å². The largest absolute Gasteiger partial charge is 0.316 e. The molecule has 210 valence electrons. The zero-order chi connectivity index (χ0) is 23.2. The number of rotatable bonds is 4. The van der Waals surface area contributed by atoms with Crippen molar-refractivity contribution in [3.05, 3.63) is 0 Å². The molecule has 0 aromatic carbocycles. The van der Waals surface area contributed by atoms with Crippen molar-refractivity contribution in [3.63, 3.8) is 0 Å². The lowest BCUT2D eigenvalue weighted by atomic mass is 9.82. The molecule has 4 aliphatic rings. The van der Waals surface area contributed by atoms with Crippen LogP contribution in [0.25, 0.3) is 0 Å². The molecule has 2 unspecified atom stereocenters. The SMILES string of the molecule is C.C.C.CC(C)C1CC1.CC(C)C1CCCCC1.CC(C)C1CCCN1.CC(C)C1CCNC1. The van der Waals surface area contributed by atoms with Gasteiger partial charge in [-0.15, -0.1) is 0 Å². The summed E-state index contributed by atoms with van der Waals surface area (Å²) in [7, 11) is 0. The molecule has 2 saturated carbocycles. The van der Waals surface area contributed by atoms with Gasteiger partial charge in [-0.05, 0) is 93.2 Å². The fourth-order valence-electron chi connectivity index (χ4n) is 5.09. The third-order valence-corrected chi connectivity index (χ3v) is 8.10. The van der Waals surface area contributed by atoms with Crippen LogP contribution in [0, 0.1) is 41.4 Å². The van der Waals surface area contributed by atoms with Crippen LogP contribution in [-0.2, 0) is 0 Å². The van der Waals surface area contributed by atoms with Gasteiger partial charge in [0.05, 0.1) is 0 Å². The van der Waals surface area contributed by atoms with Gasteiger partial charge in [-0.1, -0.05) is 110 Å². The summed E-state index contributed by atoms with van der Waals surface area (Å²) in [4.78, 5) is 0. The first-order chi connectivity index (χ1) is 14.7. The predicted octanol–water partition coefficient (Wildman–Crippen LogP) is 9.83. The van der Waals surface area contributed by atoms with E-state index in [1.54, 1.807) is 0 Å². The van der Waals surface area contributed by atoms with Crippen LogP contribution in [0.5, 0.6) is 0 Å². The van der Waals surface area contributed by atoms with Crippen LogP contribution in [0.1, 0.15) is 142 Å². The molecule has 0 radical (unpaired) electrons. The maximum Gasteiger partial charge on any atom is 0.00905 e. The van der Waals surface area contributed by atoms with Gasteiger partial charge >= 0.3 is 0 Å². The number of hydrogen-bond acceptors (Lipinski definition) is 2. The normalized spacial score (nSPS) is 24.0. The fourth-order valence-corrected chi connectivity index (χ4v) is 5.09. The monoisotopic (exact) mass is 485 g/mol. The summed E-state index contributed by atoms with van der Waals surface area (Å²) < 4.78 is 0. The van der Waals surface area contributed by atoms with E-state index in [1.807, 2.05) is 0 Å². The van der Waals surface area contributed by atoms with Gasteiger partial charge in [-0.25, -0.2) is 0 Å². The van der Waals surface area contributed by atoms with Crippen LogP contribution in [0.15, 0.2) is 0 Å². The summed E-state index contributed by atoms with van der Waals surface area (Å²) in [6, 6.07) is 0.815. The van der Waals surface area contributed by atoms with E-state index < -0.39 is 0 Å². The lowest BCUT2D eigenvalue weighted by Gasteiger charge is -2.24. The van der Waals surface area contributed by atoms with E-state index >= 15 is 0 Å². The Bertz CT molecular complexity index is 373. The molecule has 2 heteroatoms. The summed E-state index contributed by atoms with van der Waals surface area (Å²) >= 11 is 0. The minimum absolute atomic E-state index is 0. The maximum absolute atomic E-state index is 3.46. The third-order valence-electron chi connectivity index (χ3n) is 8.10. The van der Waals surface area contributed by atoms with E-state index in [2.05, 4.69) is 66.0 Å². The van der Waals surface area contributed by atoms with Crippen LogP contribution in [0.3, 0.4) is 0 Å². The van der Waals surface area contributed by atoms with Gasteiger partial charge in [-0.2, -0.15) is 0 Å². The lowest BCUT2D eigenvalue weighted by molar-refractivity contribution is 0.279. The zero-order valence-electron chi connectivity index (χ0n) is 22.8. The van der Waals surface area contributed by atoms with Crippen LogP contribution in [0.2, 0.25) is 0 Å². The molecule has 2 atom stereocenters. The topological polar surface area (TPSA) is 24.1 Å². The fraction of sp³-hybridized carbons (Fsp3) is 1.00. The molecular weight excluding hydrogens is 412 g/mol.